The Morgan fingerprint density at radius 3 is 2.53 bits per heavy atom. The molecule has 0 aromatic rings. The average molecular weight is 353 g/mol. The van der Waals surface area contributed by atoms with Gasteiger partial charge in [0.25, 0.3) is 10.2 Å². The van der Waals surface area contributed by atoms with Crippen molar-refractivity contribution in [2.24, 2.45) is 5.92 Å². The normalized spacial score (nSPS) is 26.6. The van der Waals surface area contributed by atoms with Crippen LogP contribution in [0.4, 0.5) is 0 Å². The van der Waals surface area contributed by atoms with E-state index in [1.165, 1.54) is 6.42 Å². The van der Waals surface area contributed by atoms with Gasteiger partial charge in [0.1, 0.15) is 0 Å². The number of hydrogen-bond donors (Lipinski definition) is 0. The molecule has 2 fully saturated rings. The molecule has 2 aliphatic rings. The van der Waals surface area contributed by atoms with Crippen LogP contribution in [-0.4, -0.2) is 48.0 Å². The molecule has 1 aliphatic carbocycles. The summed E-state index contributed by atoms with van der Waals surface area (Å²) >= 11 is 3.40. The molecule has 6 heteroatoms. The Kier molecular flexibility index (Phi) is 5.69. The maximum atomic E-state index is 12.8. The van der Waals surface area contributed by atoms with E-state index in [-0.39, 0.29) is 6.04 Å². The third kappa shape index (κ3) is 3.71. The summed E-state index contributed by atoms with van der Waals surface area (Å²) in [6.07, 6.45) is 6.27. The van der Waals surface area contributed by atoms with Gasteiger partial charge in [0.15, 0.2) is 0 Å². The molecule has 0 amide bonds. The van der Waals surface area contributed by atoms with Gasteiger partial charge in [-0.1, -0.05) is 29.3 Å². The van der Waals surface area contributed by atoms with Gasteiger partial charge in [-0.15, -0.1) is 0 Å². The van der Waals surface area contributed by atoms with Crippen molar-refractivity contribution in [3.05, 3.63) is 0 Å². The molecule has 1 saturated heterocycles. The Labute approximate surface area is 125 Å². The highest BCUT2D eigenvalue weighted by Crippen LogP contribution is 2.30. The van der Waals surface area contributed by atoms with Gasteiger partial charge in [0.05, 0.1) is 0 Å². The second kappa shape index (κ2) is 6.87. The topological polar surface area (TPSA) is 40.6 Å². The van der Waals surface area contributed by atoms with Crippen molar-refractivity contribution in [1.82, 2.24) is 8.61 Å². The predicted octanol–water partition coefficient (Wildman–Crippen LogP) is 2.60. The molecule has 1 saturated carbocycles. The van der Waals surface area contributed by atoms with Crippen LogP contribution < -0.4 is 0 Å². The molecular weight excluding hydrogens is 328 g/mol. The molecule has 112 valence electrons. The second-order valence-electron chi connectivity index (χ2n) is 5.85. The average Bonchev–Trinajstić information content (AvgIpc) is 2.31. The van der Waals surface area contributed by atoms with Crippen LogP contribution in [-0.2, 0) is 10.2 Å². The molecule has 0 aromatic carbocycles. The second-order valence-corrected chi connectivity index (χ2v) is 8.53. The smallest absolute Gasteiger partial charge is 0.195 e. The van der Waals surface area contributed by atoms with Gasteiger partial charge in [0.2, 0.25) is 0 Å². The molecule has 0 N–H and O–H groups in total. The molecule has 1 heterocycles. The number of rotatable bonds is 6. The van der Waals surface area contributed by atoms with Gasteiger partial charge < -0.3 is 0 Å². The zero-order valence-corrected chi connectivity index (χ0v) is 14.1. The molecule has 4 nitrogen and oxygen atoms in total. The van der Waals surface area contributed by atoms with Gasteiger partial charge in [-0.25, -0.2) is 0 Å². The summed E-state index contributed by atoms with van der Waals surface area (Å²) in [6.45, 7) is 4.20. The van der Waals surface area contributed by atoms with E-state index in [1.54, 1.807) is 8.61 Å². The van der Waals surface area contributed by atoms with Crippen LogP contribution in [0.25, 0.3) is 0 Å². The minimum atomic E-state index is -3.24. The summed E-state index contributed by atoms with van der Waals surface area (Å²) in [4.78, 5) is 0. The Balaban J connectivity index is 2.08. The lowest BCUT2D eigenvalue weighted by Gasteiger charge is -2.41. The van der Waals surface area contributed by atoms with E-state index in [1.807, 2.05) is 0 Å². The highest BCUT2D eigenvalue weighted by Gasteiger charge is 2.38. The van der Waals surface area contributed by atoms with Gasteiger partial charge in [0, 0.05) is 31.0 Å². The van der Waals surface area contributed by atoms with E-state index >= 15 is 0 Å². The quantitative estimate of drug-likeness (QED) is 0.689. The number of piperidine rings is 1. The first-order chi connectivity index (χ1) is 9.05. The van der Waals surface area contributed by atoms with E-state index in [0.717, 1.165) is 37.4 Å². The zero-order chi connectivity index (χ0) is 13.9. The molecule has 1 unspecified atom stereocenters. The highest BCUT2D eigenvalue weighted by molar-refractivity contribution is 9.09. The fourth-order valence-electron chi connectivity index (χ4n) is 2.88. The number of alkyl halides is 1. The van der Waals surface area contributed by atoms with E-state index in [2.05, 4.69) is 22.9 Å². The van der Waals surface area contributed by atoms with Crippen molar-refractivity contribution in [3.63, 3.8) is 0 Å². The Morgan fingerprint density at radius 1 is 1.26 bits per heavy atom. The number of nitrogens with zero attached hydrogens (tertiary/aromatic N) is 2. The molecule has 0 spiro atoms. The lowest BCUT2D eigenvalue weighted by molar-refractivity contribution is 0.191. The van der Waals surface area contributed by atoms with Crippen LogP contribution >= 0.6 is 15.9 Å². The van der Waals surface area contributed by atoms with Crippen LogP contribution in [0.2, 0.25) is 0 Å². The third-order valence-electron chi connectivity index (χ3n) is 4.24. The van der Waals surface area contributed by atoms with Gasteiger partial charge in [-0.05, 0) is 38.0 Å². The third-order valence-corrected chi connectivity index (χ3v) is 6.85. The van der Waals surface area contributed by atoms with Crippen LogP contribution in [0, 0.1) is 5.92 Å². The van der Waals surface area contributed by atoms with Crippen molar-refractivity contribution in [3.8, 4) is 0 Å². The van der Waals surface area contributed by atoms with E-state index in [0.29, 0.717) is 25.6 Å². The van der Waals surface area contributed by atoms with Crippen molar-refractivity contribution < 1.29 is 8.42 Å². The minimum Gasteiger partial charge on any atom is -0.195 e. The minimum absolute atomic E-state index is 0.251. The van der Waals surface area contributed by atoms with E-state index in [9.17, 15) is 8.42 Å². The van der Waals surface area contributed by atoms with Crippen molar-refractivity contribution in [2.75, 3.05) is 25.0 Å². The molecule has 1 aliphatic heterocycles. The van der Waals surface area contributed by atoms with Crippen LogP contribution in [0.3, 0.4) is 0 Å². The van der Waals surface area contributed by atoms with E-state index in [4.69, 9.17) is 0 Å². The van der Waals surface area contributed by atoms with Crippen LogP contribution in [0.5, 0.6) is 0 Å². The monoisotopic (exact) mass is 352 g/mol. The van der Waals surface area contributed by atoms with Crippen molar-refractivity contribution in [2.45, 2.75) is 51.5 Å². The Hall–Kier alpha value is 0.350. The maximum Gasteiger partial charge on any atom is 0.282 e. The summed E-state index contributed by atoms with van der Waals surface area (Å²) < 4.78 is 29.1. The van der Waals surface area contributed by atoms with Crippen molar-refractivity contribution in [1.29, 1.82) is 0 Å². The van der Waals surface area contributed by atoms with Gasteiger partial charge >= 0.3 is 0 Å². The van der Waals surface area contributed by atoms with Gasteiger partial charge in [-0.2, -0.15) is 17.0 Å². The van der Waals surface area contributed by atoms with Crippen LogP contribution in [0.1, 0.15) is 45.4 Å². The lowest BCUT2D eigenvalue weighted by Crippen LogP contribution is -2.53. The summed E-state index contributed by atoms with van der Waals surface area (Å²) in [5, 5.41) is 0.863. The lowest BCUT2D eigenvalue weighted by atomic mass is 9.93. The van der Waals surface area contributed by atoms with E-state index < -0.39 is 10.2 Å². The van der Waals surface area contributed by atoms with Crippen LogP contribution in [0.15, 0.2) is 0 Å². The molecular formula is C13H25BrN2O2S. The first-order valence-electron chi connectivity index (χ1n) is 7.38. The summed E-state index contributed by atoms with van der Waals surface area (Å²) in [7, 11) is -3.24. The Morgan fingerprint density at radius 2 is 2.00 bits per heavy atom. The first-order valence-corrected chi connectivity index (χ1v) is 9.90. The highest BCUT2D eigenvalue weighted by atomic mass is 79.9. The first kappa shape index (κ1) is 15.7. The zero-order valence-electron chi connectivity index (χ0n) is 11.7. The summed E-state index contributed by atoms with van der Waals surface area (Å²) in [6, 6.07) is 0.251. The number of hydrogen-bond acceptors (Lipinski definition) is 2. The standard InChI is InChI=1S/C13H25BrN2O2S/c1-12-5-3-9-15(11-12)19(17,18)16(10-4-8-14)13-6-2-7-13/h12-13H,2-11H2,1H3. The molecule has 0 radical (unpaired) electrons. The molecule has 2 rings (SSSR count). The molecule has 1 atom stereocenters. The molecule has 0 aromatic heterocycles. The summed E-state index contributed by atoms with van der Waals surface area (Å²) in [5.41, 5.74) is 0. The number of halogens is 1. The summed E-state index contributed by atoms with van der Waals surface area (Å²) in [5.74, 6) is 0.489. The predicted molar refractivity (Wildman–Crippen MR) is 81.6 cm³/mol. The van der Waals surface area contributed by atoms with Gasteiger partial charge in [-0.3, -0.25) is 0 Å². The Bertz CT molecular complexity index is 384. The SMILES string of the molecule is CC1CCCN(S(=O)(=O)N(CCCBr)C2CCC2)C1. The molecule has 19 heavy (non-hydrogen) atoms. The van der Waals surface area contributed by atoms with Crippen molar-refractivity contribution >= 4 is 26.1 Å². The fourth-order valence-corrected chi connectivity index (χ4v) is 5.18. The maximum absolute atomic E-state index is 12.8. The largest absolute Gasteiger partial charge is 0.282 e. The fraction of sp³-hybridized carbons (Fsp3) is 1.00. The molecule has 0 bridgehead atoms.